The third-order valence-corrected chi connectivity index (χ3v) is 4.41. The minimum atomic E-state index is -0.970. The Balaban J connectivity index is 2.07. The Morgan fingerprint density at radius 3 is 2.39 bits per heavy atom. The van der Waals surface area contributed by atoms with E-state index >= 15 is 0 Å². The molecule has 0 radical (unpaired) electrons. The zero-order chi connectivity index (χ0) is 16.2. The Morgan fingerprint density at radius 1 is 0.957 bits per heavy atom. The van der Waals surface area contributed by atoms with Crippen LogP contribution in [0.3, 0.4) is 0 Å². The molecule has 0 unspecified atom stereocenters. The van der Waals surface area contributed by atoms with Crippen molar-refractivity contribution in [1.29, 1.82) is 0 Å². The number of carbonyl (C=O) groups is 1. The van der Waals surface area contributed by atoms with Gasteiger partial charge in [-0.25, -0.2) is 4.79 Å². The van der Waals surface area contributed by atoms with Crippen molar-refractivity contribution in [1.82, 2.24) is 10.2 Å². The van der Waals surface area contributed by atoms with Crippen LogP contribution in [0.2, 0.25) is 5.15 Å². The van der Waals surface area contributed by atoms with E-state index in [0.29, 0.717) is 10.6 Å². The van der Waals surface area contributed by atoms with Gasteiger partial charge in [-0.2, -0.15) is 0 Å². The SMILES string of the molecule is O=C(O)c1ccccc1Sc1cc(Cl)nnc1-c1ccccc1. The fourth-order valence-corrected chi connectivity index (χ4v) is 3.36. The molecule has 114 valence electrons. The monoisotopic (exact) mass is 342 g/mol. The fraction of sp³-hybridized carbons (Fsp3) is 0. The third kappa shape index (κ3) is 3.52. The van der Waals surface area contributed by atoms with Gasteiger partial charge in [0.15, 0.2) is 5.15 Å². The van der Waals surface area contributed by atoms with Crippen LogP contribution in [0, 0.1) is 0 Å². The Bertz CT molecular complexity index is 856. The molecule has 0 aliphatic carbocycles. The van der Waals surface area contributed by atoms with Crippen LogP contribution in [0.1, 0.15) is 10.4 Å². The Hall–Kier alpha value is -2.37. The van der Waals surface area contributed by atoms with E-state index < -0.39 is 5.97 Å². The molecule has 3 aromatic rings. The summed E-state index contributed by atoms with van der Waals surface area (Å²) in [4.78, 5) is 12.7. The smallest absolute Gasteiger partial charge is 0.336 e. The summed E-state index contributed by atoms with van der Waals surface area (Å²) in [6.45, 7) is 0. The van der Waals surface area contributed by atoms with Gasteiger partial charge in [-0.1, -0.05) is 65.8 Å². The lowest BCUT2D eigenvalue weighted by molar-refractivity contribution is 0.0693. The molecule has 1 heterocycles. The number of hydrogen-bond acceptors (Lipinski definition) is 4. The molecule has 0 amide bonds. The average Bonchev–Trinajstić information content (AvgIpc) is 2.56. The zero-order valence-corrected chi connectivity index (χ0v) is 13.4. The summed E-state index contributed by atoms with van der Waals surface area (Å²) in [5.74, 6) is -0.970. The van der Waals surface area contributed by atoms with Gasteiger partial charge >= 0.3 is 5.97 Å². The van der Waals surface area contributed by atoms with E-state index in [0.717, 1.165) is 10.5 Å². The van der Waals surface area contributed by atoms with Gasteiger partial charge in [-0.3, -0.25) is 0 Å². The van der Waals surface area contributed by atoms with E-state index in [1.54, 1.807) is 30.3 Å². The van der Waals surface area contributed by atoms with Gasteiger partial charge in [0.25, 0.3) is 0 Å². The Labute approximate surface area is 142 Å². The topological polar surface area (TPSA) is 63.1 Å². The van der Waals surface area contributed by atoms with Crippen molar-refractivity contribution in [2.45, 2.75) is 9.79 Å². The first-order valence-electron chi connectivity index (χ1n) is 6.74. The highest BCUT2D eigenvalue weighted by molar-refractivity contribution is 7.99. The van der Waals surface area contributed by atoms with Crippen LogP contribution in [0.15, 0.2) is 70.5 Å². The number of aromatic carboxylic acids is 1. The summed E-state index contributed by atoms with van der Waals surface area (Å²) in [6, 6.07) is 18.1. The van der Waals surface area contributed by atoms with Crippen LogP contribution in [0.5, 0.6) is 0 Å². The van der Waals surface area contributed by atoms with Crippen molar-refractivity contribution in [3.05, 3.63) is 71.4 Å². The van der Waals surface area contributed by atoms with E-state index in [2.05, 4.69) is 10.2 Å². The molecule has 23 heavy (non-hydrogen) atoms. The van der Waals surface area contributed by atoms with Crippen molar-refractivity contribution < 1.29 is 9.90 Å². The normalized spacial score (nSPS) is 10.5. The van der Waals surface area contributed by atoms with E-state index in [-0.39, 0.29) is 10.7 Å². The first kappa shape index (κ1) is 15.5. The predicted molar refractivity (Wildman–Crippen MR) is 90.0 cm³/mol. The minimum absolute atomic E-state index is 0.240. The second-order valence-corrected chi connectivity index (χ2v) is 6.12. The van der Waals surface area contributed by atoms with Crippen molar-refractivity contribution in [2.75, 3.05) is 0 Å². The molecular weight excluding hydrogens is 332 g/mol. The molecule has 2 aromatic carbocycles. The summed E-state index contributed by atoms with van der Waals surface area (Å²) in [7, 11) is 0. The summed E-state index contributed by atoms with van der Waals surface area (Å²) < 4.78 is 0. The molecule has 0 spiro atoms. The molecule has 0 atom stereocenters. The predicted octanol–water partition coefficient (Wildman–Crippen LogP) is 4.65. The number of nitrogens with zero attached hydrogens (tertiary/aromatic N) is 2. The largest absolute Gasteiger partial charge is 0.478 e. The molecular formula is C17H11ClN2O2S. The first-order chi connectivity index (χ1) is 11.1. The molecule has 0 saturated heterocycles. The molecule has 3 rings (SSSR count). The van der Waals surface area contributed by atoms with Crippen molar-refractivity contribution >= 4 is 29.3 Å². The average molecular weight is 343 g/mol. The standard InChI is InChI=1S/C17H11ClN2O2S/c18-15-10-14(16(20-19-15)11-6-2-1-3-7-11)23-13-9-5-4-8-12(13)17(21)22/h1-10H,(H,21,22). The van der Waals surface area contributed by atoms with Gasteiger partial charge in [-0.05, 0) is 18.2 Å². The lowest BCUT2D eigenvalue weighted by Gasteiger charge is -2.10. The minimum Gasteiger partial charge on any atom is -0.478 e. The molecule has 0 fully saturated rings. The van der Waals surface area contributed by atoms with Crippen molar-refractivity contribution in [3.8, 4) is 11.3 Å². The molecule has 6 heteroatoms. The van der Waals surface area contributed by atoms with Crippen molar-refractivity contribution in [2.24, 2.45) is 0 Å². The van der Waals surface area contributed by atoms with Gasteiger partial charge in [-0.15, -0.1) is 10.2 Å². The molecule has 1 aromatic heterocycles. The summed E-state index contributed by atoms with van der Waals surface area (Å²) in [6.07, 6.45) is 0. The third-order valence-electron chi connectivity index (χ3n) is 3.11. The van der Waals surface area contributed by atoms with Gasteiger partial charge in [0.2, 0.25) is 0 Å². The van der Waals surface area contributed by atoms with E-state index in [1.807, 2.05) is 30.3 Å². The van der Waals surface area contributed by atoms with E-state index in [1.165, 1.54) is 11.8 Å². The first-order valence-corrected chi connectivity index (χ1v) is 7.93. The summed E-state index contributed by atoms with van der Waals surface area (Å²) >= 11 is 7.28. The van der Waals surface area contributed by atoms with Crippen LogP contribution in [-0.2, 0) is 0 Å². The fourth-order valence-electron chi connectivity index (χ4n) is 2.08. The van der Waals surface area contributed by atoms with Crippen LogP contribution in [0.25, 0.3) is 11.3 Å². The van der Waals surface area contributed by atoms with Crippen molar-refractivity contribution in [3.63, 3.8) is 0 Å². The number of carboxylic acids is 1. The van der Waals surface area contributed by atoms with Crippen LogP contribution in [0.4, 0.5) is 0 Å². The Kier molecular flexibility index (Phi) is 4.60. The summed E-state index contributed by atoms with van der Waals surface area (Å²) in [5.41, 5.74) is 1.80. The highest BCUT2D eigenvalue weighted by Crippen LogP contribution is 2.37. The molecule has 1 N–H and O–H groups in total. The second kappa shape index (κ2) is 6.81. The highest BCUT2D eigenvalue weighted by atomic mass is 35.5. The number of carboxylic acid groups (broad SMARTS) is 1. The van der Waals surface area contributed by atoms with Gasteiger partial charge < -0.3 is 5.11 Å². The number of benzene rings is 2. The quantitative estimate of drug-likeness (QED) is 0.748. The number of aromatic nitrogens is 2. The number of hydrogen-bond donors (Lipinski definition) is 1. The lowest BCUT2D eigenvalue weighted by atomic mass is 10.1. The second-order valence-electron chi connectivity index (χ2n) is 4.65. The van der Waals surface area contributed by atoms with E-state index in [9.17, 15) is 9.90 Å². The molecule has 0 aliphatic rings. The summed E-state index contributed by atoms with van der Waals surface area (Å²) in [5, 5.41) is 17.7. The van der Waals surface area contributed by atoms with Crippen LogP contribution >= 0.6 is 23.4 Å². The lowest BCUT2D eigenvalue weighted by Crippen LogP contribution is -1.99. The van der Waals surface area contributed by atoms with E-state index in [4.69, 9.17) is 11.6 Å². The molecule has 4 nitrogen and oxygen atoms in total. The maximum Gasteiger partial charge on any atom is 0.336 e. The molecule has 0 aliphatic heterocycles. The molecule has 0 bridgehead atoms. The maximum absolute atomic E-state index is 11.4. The molecule has 0 saturated carbocycles. The van der Waals surface area contributed by atoms with Gasteiger partial charge in [0.1, 0.15) is 5.69 Å². The number of rotatable bonds is 4. The zero-order valence-electron chi connectivity index (χ0n) is 11.8. The van der Waals surface area contributed by atoms with Gasteiger partial charge in [0, 0.05) is 15.4 Å². The van der Waals surface area contributed by atoms with Crippen LogP contribution in [-0.4, -0.2) is 21.3 Å². The Morgan fingerprint density at radius 2 is 1.65 bits per heavy atom. The van der Waals surface area contributed by atoms with Gasteiger partial charge in [0.05, 0.1) is 5.56 Å². The van der Waals surface area contributed by atoms with Crippen LogP contribution < -0.4 is 0 Å². The number of halogens is 1. The maximum atomic E-state index is 11.4. The highest BCUT2D eigenvalue weighted by Gasteiger charge is 2.15.